The molecule has 1 aliphatic carbocycles. The van der Waals surface area contributed by atoms with Gasteiger partial charge in [-0.2, -0.15) is 35.9 Å². The molecular weight excluding hydrogens is 641 g/mol. The third-order valence-corrected chi connectivity index (χ3v) is 9.09. The normalized spacial score (nSPS) is 11.1. The molecule has 0 spiro atoms. The van der Waals surface area contributed by atoms with Crippen LogP contribution >= 0.6 is 7.92 Å². The number of fused-ring (bicyclic) bond motifs is 4. The van der Waals surface area contributed by atoms with Crippen LogP contribution in [0.1, 0.15) is 38.8 Å². The van der Waals surface area contributed by atoms with Gasteiger partial charge in [-0.15, -0.1) is 45.9 Å². The molecule has 0 aliphatic heterocycles. The molecule has 0 bridgehead atoms. The molecule has 0 unspecified atom stereocenters. The predicted octanol–water partition coefficient (Wildman–Crippen LogP) is 2.04. The summed E-state index contributed by atoms with van der Waals surface area (Å²) >= 11 is 0. The van der Waals surface area contributed by atoms with Gasteiger partial charge in [0, 0.05) is 0 Å². The van der Waals surface area contributed by atoms with E-state index in [1.54, 1.807) is 5.30 Å². The molecule has 5 rings (SSSR count). The summed E-state index contributed by atoms with van der Waals surface area (Å²) in [4.78, 5) is 0. The second-order valence-corrected chi connectivity index (χ2v) is 11.8. The van der Waals surface area contributed by atoms with Gasteiger partial charge in [0.2, 0.25) is 0 Å². The first-order valence-corrected chi connectivity index (χ1v) is 13.2. The van der Waals surface area contributed by atoms with E-state index in [0.717, 1.165) is 18.3 Å². The Hall–Kier alpha value is -0.850. The Balaban J connectivity index is 0.000000323. The number of benzene rings is 3. The molecule has 0 saturated heterocycles. The molecule has 0 saturated carbocycles. The fourth-order valence-electron chi connectivity index (χ4n) is 4.48. The summed E-state index contributed by atoms with van der Waals surface area (Å²) in [6, 6.07) is 31.7. The second kappa shape index (κ2) is 14.6. The zero-order chi connectivity index (χ0) is 21.8. The Morgan fingerprint density at radius 3 is 2.12 bits per heavy atom. The van der Waals surface area contributed by atoms with Gasteiger partial charge in [-0.1, -0.05) is 77.1 Å². The van der Waals surface area contributed by atoms with Crippen molar-refractivity contribution in [3.8, 4) is 11.1 Å². The summed E-state index contributed by atoms with van der Waals surface area (Å²) in [6.07, 6.45) is 3.78. The van der Waals surface area contributed by atoms with E-state index >= 15 is 0 Å². The summed E-state index contributed by atoms with van der Waals surface area (Å²) < 4.78 is 0. The molecule has 0 radical (unpaired) electrons. The molecule has 0 aromatic heterocycles. The molecule has 4 aromatic rings. The van der Waals surface area contributed by atoms with Gasteiger partial charge >= 0.3 is 25.8 Å². The first-order valence-electron chi connectivity index (χ1n) is 11.5. The van der Waals surface area contributed by atoms with Crippen LogP contribution in [0.15, 0.2) is 78.9 Å². The van der Waals surface area contributed by atoms with Crippen molar-refractivity contribution < 1.29 is 50.7 Å². The van der Waals surface area contributed by atoms with Crippen LogP contribution in [0.3, 0.4) is 0 Å². The van der Waals surface area contributed by atoms with Crippen molar-refractivity contribution in [2.75, 3.05) is 12.3 Å². The van der Waals surface area contributed by atoms with Crippen molar-refractivity contribution in [3.63, 3.8) is 0 Å². The Labute approximate surface area is 238 Å². The maximum atomic E-state index is 3.30. The molecule has 0 amide bonds. The SMILES string of the molecule is CC(C)CP(CC(C)C)c1cc2ccccc2[cH-]1.[Cl-].[Cl-].[Hf+4].[c-]1cccc2c1Cc1ccccc1-2. The molecule has 1 aliphatic rings. The van der Waals surface area contributed by atoms with Gasteiger partial charge < -0.3 is 24.8 Å². The van der Waals surface area contributed by atoms with Gasteiger partial charge in [-0.05, 0) is 30.6 Å². The van der Waals surface area contributed by atoms with E-state index in [1.807, 2.05) is 6.07 Å². The van der Waals surface area contributed by atoms with Crippen molar-refractivity contribution in [2.24, 2.45) is 11.8 Å². The van der Waals surface area contributed by atoms with E-state index in [2.05, 4.69) is 107 Å². The molecular formula is C30H33Cl2HfP. The largest absolute Gasteiger partial charge is 4.00 e. The number of halogens is 2. The zero-order valence-corrected chi connectivity index (χ0v) is 26.5. The average Bonchev–Trinajstić information content (AvgIpc) is 3.34. The molecule has 34 heavy (non-hydrogen) atoms. The summed E-state index contributed by atoms with van der Waals surface area (Å²) in [5, 5.41) is 4.42. The third-order valence-electron chi connectivity index (χ3n) is 5.76. The number of rotatable bonds is 5. The Morgan fingerprint density at radius 2 is 1.44 bits per heavy atom. The average molecular weight is 674 g/mol. The standard InChI is InChI=1S/C17H24P.C13H9.2ClH.Hf/c1-13(2)11-18(12-14(3)4)17-9-15-7-5-6-8-16(15)10-17;1-3-7-12-10(5-1)9-11-6-2-4-8-13(11)12;;;/h5-10,13-14H,11-12H2,1-4H3;1-5,7-8H,9H2;2*1H;/q2*-1;;;+4/p-2. The van der Waals surface area contributed by atoms with Crippen molar-refractivity contribution >= 4 is 24.0 Å². The van der Waals surface area contributed by atoms with Crippen LogP contribution in [-0.2, 0) is 32.3 Å². The monoisotopic (exact) mass is 674 g/mol. The number of hydrogen-bond acceptors (Lipinski definition) is 0. The van der Waals surface area contributed by atoms with Crippen molar-refractivity contribution in [2.45, 2.75) is 34.1 Å². The molecule has 4 aromatic carbocycles. The Kier molecular flexibility index (Phi) is 13.4. The molecule has 176 valence electrons. The molecule has 0 atom stereocenters. The smallest absolute Gasteiger partial charge is 1.00 e. The zero-order valence-electron chi connectivity index (χ0n) is 20.5. The van der Waals surface area contributed by atoms with Gasteiger partial charge in [0.1, 0.15) is 0 Å². The van der Waals surface area contributed by atoms with Crippen molar-refractivity contribution in [3.05, 3.63) is 96.1 Å². The van der Waals surface area contributed by atoms with Crippen LogP contribution in [0.5, 0.6) is 0 Å². The van der Waals surface area contributed by atoms with E-state index in [4.69, 9.17) is 0 Å². The van der Waals surface area contributed by atoms with E-state index in [1.165, 1.54) is 45.4 Å². The van der Waals surface area contributed by atoms with E-state index in [0.29, 0.717) is 0 Å². The summed E-state index contributed by atoms with van der Waals surface area (Å²) in [5.41, 5.74) is 5.51. The predicted molar refractivity (Wildman–Crippen MR) is 139 cm³/mol. The van der Waals surface area contributed by atoms with Crippen molar-refractivity contribution in [1.82, 2.24) is 0 Å². The van der Waals surface area contributed by atoms with Gasteiger partial charge in [-0.25, -0.2) is 0 Å². The quantitative estimate of drug-likeness (QED) is 0.152. The first-order chi connectivity index (χ1) is 15.0. The summed E-state index contributed by atoms with van der Waals surface area (Å²) in [7, 11) is 0.0185. The molecule has 0 heterocycles. The van der Waals surface area contributed by atoms with Crippen LogP contribution in [0.2, 0.25) is 0 Å². The first kappa shape index (κ1) is 31.2. The minimum Gasteiger partial charge on any atom is -1.00 e. The Morgan fingerprint density at radius 1 is 0.824 bits per heavy atom. The minimum atomic E-state index is 0. The molecule has 4 heteroatoms. The summed E-state index contributed by atoms with van der Waals surface area (Å²) in [6.45, 7) is 9.38. The van der Waals surface area contributed by atoms with E-state index < -0.39 is 0 Å². The number of hydrogen-bond donors (Lipinski definition) is 0. The van der Waals surface area contributed by atoms with Crippen molar-refractivity contribution in [1.29, 1.82) is 0 Å². The van der Waals surface area contributed by atoms with Gasteiger partial charge in [0.05, 0.1) is 0 Å². The topological polar surface area (TPSA) is 0 Å². The van der Waals surface area contributed by atoms with Crippen LogP contribution in [-0.4, -0.2) is 12.3 Å². The second-order valence-electron chi connectivity index (χ2n) is 9.43. The van der Waals surface area contributed by atoms with Crippen LogP contribution in [0.25, 0.3) is 21.9 Å². The van der Waals surface area contributed by atoms with E-state index in [9.17, 15) is 0 Å². The molecule has 0 nitrogen and oxygen atoms in total. The summed E-state index contributed by atoms with van der Waals surface area (Å²) in [5.74, 6) is 1.60. The maximum absolute atomic E-state index is 3.30. The minimum absolute atomic E-state index is 0. The van der Waals surface area contributed by atoms with Crippen LogP contribution in [0, 0.1) is 17.9 Å². The Bertz CT molecular complexity index is 1060. The van der Waals surface area contributed by atoms with Crippen LogP contribution in [0.4, 0.5) is 0 Å². The molecule has 0 N–H and O–H groups in total. The maximum Gasteiger partial charge on any atom is 4.00 e. The van der Waals surface area contributed by atoms with Gasteiger partial charge in [0.25, 0.3) is 0 Å². The molecule has 0 fully saturated rings. The fourth-order valence-corrected chi connectivity index (χ4v) is 7.46. The third kappa shape index (κ3) is 7.83. The van der Waals surface area contributed by atoms with Crippen LogP contribution < -0.4 is 30.1 Å². The fraction of sp³-hybridized carbons (Fsp3) is 0.300. The van der Waals surface area contributed by atoms with E-state index in [-0.39, 0.29) is 58.6 Å². The van der Waals surface area contributed by atoms with Gasteiger partial charge in [-0.3, -0.25) is 0 Å². The van der Waals surface area contributed by atoms with Gasteiger partial charge in [0.15, 0.2) is 0 Å².